The Kier molecular flexibility index (Phi) is 3.72. The maximum Gasteiger partial charge on any atom is 0.181 e. The van der Waals surface area contributed by atoms with E-state index in [-0.39, 0.29) is 12.2 Å². The third-order valence-corrected chi connectivity index (χ3v) is 4.64. The highest BCUT2D eigenvalue weighted by Gasteiger charge is 2.12. The van der Waals surface area contributed by atoms with Gasteiger partial charge in [-0.25, -0.2) is 15.0 Å². The molecule has 2 aromatic carbocycles. The van der Waals surface area contributed by atoms with Gasteiger partial charge < -0.3 is 4.42 Å². The van der Waals surface area contributed by atoms with Gasteiger partial charge in [-0.05, 0) is 29.8 Å². The fourth-order valence-corrected chi connectivity index (χ4v) is 3.17. The normalized spacial score (nSPS) is 11.3. The van der Waals surface area contributed by atoms with E-state index in [4.69, 9.17) is 4.42 Å². The number of hydrogen-bond donors (Lipinski definition) is 0. The minimum absolute atomic E-state index is 0.0685. The van der Waals surface area contributed by atoms with Crippen molar-refractivity contribution in [2.45, 2.75) is 6.42 Å². The highest BCUT2D eigenvalue weighted by Crippen LogP contribution is 2.23. The molecule has 0 amide bonds. The van der Waals surface area contributed by atoms with E-state index in [0.29, 0.717) is 17.0 Å². The lowest BCUT2D eigenvalue weighted by molar-refractivity contribution is 0.0991. The number of hydrogen-bond acceptors (Lipinski definition) is 6. The highest BCUT2D eigenvalue weighted by molar-refractivity contribution is 5.99. The summed E-state index contributed by atoms with van der Waals surface area (Å²) in [6.07, 6.45) is 6.99. The number of aryl methyl sites for hydroxylation is 1. The van der Waals surface area contributed by atoms with Crippen LogP contribution in [0.25, 0.3) is 33.1 Å². The second-order valence-corrected chi connectivity index (χ2v) is 6.60. The van der Waals surface area contributed by atoms with Crippen LogP contribution in [0.3, 0.4) is 0 Å². The van der Waals surface area contributed by atoms with E-state index in [1.165, 1.54) is 6.39 Å². The summed E-state index contributed by atoms with van der Waals surface area (Å²) in [6, 6.07) is 11.2. The molecule has 7 nitrogen and oxygen atoms in total. The second kappa shape index (κ2) is 6.38. The molecule has 0 radical (unpaired) electrons. The number of carbonyl (C=O) groups is 1. The molecule has 7 heteroatoms. The molecule has 136 valence electrons. The van der Waals surface area contributed by atoms with Crippen LogP contribution in [0.2, 0.25) is 0 Å². The molecule has 0 N–H and O–H groups in total. The van der Waals surface area contributed by atoms with E-state index < -0.39 is 0 Å². The lowest BCUT2D eigenvalue weighted by Gasteiger charge is -2.04. The fraction of sp³-hybridized carbons (Fsp3) is 0.0952. The fourth-order valence-electron chi connectivity index (χ4n) is 3.17. The summed E-state index contributed by atoms with van der Waals surface area (Å²) in [5.74, 6) is 0.416. The first-order valence-corrected chi connectivity index (χ1v) is 8.77. The number of nitrogens with zero attached hydrogens (tertiary/aromatic N) is 5. The van der Waals surface area contributed by atoms with Crippen molar-refractivity contribution in [1.29, 1.82) is 0 Å². The Morgan fingerprint density at radius 1 is 1.04 bits per heavy atom. The number of fused-ring (bicyclic) bond motifs is 2. The van der Waals surface area contributed by atoms with E-state index in [0.717, 1.165) is 27.5 Å². The Bertz CT molecular complexity index is 1340. The number of oxazole rings is 1. The number of ketones is 1. The van der Waals surface area contributed by atoms with E-state index >= 15 is 0 Å². The molecule has 0 atom stereocenters. The Hall–Kier alpha value is -3.87. The van der Waals surface area contributed by atoms with Crippen molar-refractivity contribution in [3.05, 3.63) is 72.8 Å². The van der Waals surface area contributed by atoms with Crippen LogP contribution in [0.1, 0.15) is 16.2 Å². The van der Waals surface area contributed by atoms with E-state index in [2.05, 4.69) is 20.1 Å². The maximum atomic E-state index is 12.7. The highest BCUT2D eigenvalue weighted by atomic mass is 16.3. The molecule has 0 fully saturated rings. The molecule has 0 unspecified atom stereocenters. The minimum atomic E-state index is -0.0685. The molecule has 0 aliphatic carbocycles. The smallest absolute Gasteiger partial charge is 0.181 e. The summed E-state index contributed by atoms with van der Waals surface area (Å²) < 4.78 is 7.03. The average Bonchev–Trinajstić information content (AvgIpc) is 3.35. The van der Waals surface area contributed by atoms with Gasteiger partial charge in [0.05, 0.1) is 18.1 Å². The number of Topliss-reactive ketones (excluding diaryl/α,β-unsaturated/α-hetero) is 1. The molecule has 0 saturated heterocycles. The van der Waals surface area contributed by atoms with Gasteiger partial charge in [-0.3, -0.25) is 9.48 Å². The predicted molar refractivity (Wildman–Crippen MR) is 104 cm³/mol. The van der Waals surface area contributed by atoms with Gasteiger partial charge in [-0.15, -0.1) is 0 Å². The van der Waals surface area contributed by atoms with Gasteiger partial charge in [0.1, 0.15) is 11.3 Å². The van der Waals surface area contributed by atoms with Gasteiger partial charge in [0.25, 0.3) is 0 Å². The largest absolute Gasteiger partial charge is 0.443 e. The zero-order valence-electron chi connectivity index (χ0n) is 15.0. The van der Waals surface area contributed by atoms with Crippen molar-refractivity contribution in [3.63, 3.8) is 0 Å². The molecule has 3 heterocycles. The number of aromatic nitrogens is 5. The van der Waals surface area contributed by atoms with Crippen LogP contribution < -0.4 is 0 Å². The number of rotatable bonds is 4. The quantitative estimate of drug-likeness (QED) is 0.450. The van der Waals surface area contributed by atoms with Crippen LogP contribution in [0.4, 0.5) is 0 Å². The van der Waals surface area contributed by atoms with Gasteiger partial charge in [-0.1, -0.05) is 12.1 Å². The lowest BCUT2D eigenvalue weighted by Crippen LogP contribution is -2.07. The second-order valence-electron chi connectivity index (χ2n) is 6.60. The molecule has 5 aromatic rings. The maximum absolute atomic E-state index is 12.7. The first-order valence-electron chi connectivity index (χ1n) is 8.77. The molecule has 0 spiro atoms. The van der Waals surface area contributed by atoms with Crippen molar-refractivity contribution in [2.75, 3.05) is 0 Å². The van der Waals surface area contributed by atoms with E-state index in [9.17, 15) is 4.79 Å². The summed E-state index contributed by atoms with van der Waals surface area (Å²) in [7, 11) is 1.88. The van der Waals surface area contributed by atoms with Crippen molar-refractivity contribution in [3.8, 4) is 11.1 Å². The van der Waals surface area contributed by atoms with E-state index in [1.807, 2.05) is 37.6 Å². The van der Waals surface area contributed by atoms with Crippen molar-refractivity contribution < 1.29 is 9.21 Å². The Morgan fingerprint density at radius 3 is 2.82 bits per heavy atom. The van der Waals surface area contributed by atoms with Crippen LogP contribution >= 0.6 is 0 Å². The van der Waals surface area contributed by atoms with Crippen LogP contribution in [-0.2, 0) is 13.5 Å². The molecule has 28 heavy (non-hydrogen) atoms. The molecule has 0 saturated carbocycles. The predicted octanol–water partition coefficient (Wildman–Crippen LogP) is 3.60. The van der Waals surface area contributed by atoms with Crippen LogP contribution in [-0.4, -0.2) is 30.5 Å². The molecular weight excluding hydrogens is 354 g/mol. The Balaban J connectivity index is 1.45. The Morgan fingerprint density at radius 2 is 1.96 bits per heavy atom. The average molecular weight is 369 g/mol. The Labute approximate surface area is 159 Å². The first kappa shape index (κ1) is 16.3. The molecule has 0 bridgehead atoms. The van der Waals surface area contributed by atoms with Gasteiger partial charge >= 0.3 is 0 Å². The number of benzene rings is 2. The summed E-state index contributed by atoms with van der Waals surface area (Å²) in [4.78, 5) is 25.7. The van der Waals surface area contributed by atoms with Crippen molar-refractivity contribution in [1.82, 2.24) is 24.7 Å². The minimum Gasteiger partial charge on any atom is -0.443 e. The monoisotopic (exact) mass is 369 g/mol. The summed E-state index contributed by atoms with van der Waals surface area (Å²) in [5.41, 5.74) is 4.70. The summed E-state index contributed by atoms with van der Waals surface area (Å²) >= 11 is 0. The van der Waals surface area contributed by atoms with Gasteiger partial charge in [0, 0.05) is 36.0 Å². The van der Waals surface area contributed by atoms with E-state index in [1.54, 1.807) is 29.1 Å². The zero-order chi connectivity index (χ0) is 19.1. The standard InChI is InChI=1S/C21H15N5O2/c1-26-11-16(10-24-26)13-2-3-15-9-22-21(25-18(15)6-13)8-19(27)14-4-5-17-20(7-14)28-12-23-17/h2-7,9-12H,8H2,1H3. The van der Waals surface area contributed by atoms with Gasteiger partial charge in [0.15, 0.2) is 17.8 Å². The SMILES string of the molecule is Cn1cc(-c2ccc3cnc(CC(=O)c4ccc5ncoc5c4)nc3c2)cn1. The summed E-state index contributed by atoms with van der Waals surface area (Å²) in [5, 5.41) is 5.13. The molecule has 0 aliphatic rings. The first-order chi connectivity index (χ1) is 13.7. The zero-order valence-corrected chi connectivity index (χ0v) is 15.0. The molecular formula is C21H15N5O2. The third kappa shape index (κ3) is 2.92. The van der Waals surface area contributed by atoms with Crippen LogP contribution in [0.5, 0.6) is 0 Å². The summed E-state index contributed by atoms with van der Waals surface area (Å²) in [6.45, 7) is 0. The van der Waals surface area contributed by atoms with Gasteiger partial charge in [-0.2, -0.15) is 5.10 Å². The van der Waals surface area contributed by atoms with Gasteiger partial charge in [0.2, 0.25) is 0 Å². The lowest BCUT2D eigenvalue weighted by atomic mass is 10.1. The molecule has 3 aromatic heterocycles. The number of carbonyl (C=O) groups excluding carboxylic acids is 1. The van der Waals surface area contributed by atoms with Crippen LogP contribution in [0, 0.1) is 0 Å². The topological polar surface area (TPSA) is 86.7 Å². The molecule has 5 rings (SSSR count). The van der Waals surface area contributed by atoms with Crippen molar-refractivity contribution in [2.24, 2.45) is 7.05 Å². The van der Waals surface area contributed by atoms with Crippen molar-refractivity contribution >= 4 is 27.8 Å². The van der Waals surface area contributed by atoms with Crippen LogP contribution in [0.15, 0.2) is 65.8 Å². The third-order valence-electron chi connectivity index (χ3n) is 4.64. The molecule has 0 aliphatic heterocycles.